The van der Waals surface area contributed by atoms with Gasteiger partial charge in [0, 0.05) is 17.8 Å². The second-order valence-electron chi connectivity index (χ2n) is 5.66. The van der Waals surface area contributed by atoms with Gasteiger partial charge in [-0.25, -0.2) is 4.39 Å². The van der Waals surface area contributed by atoms with Crippen LogP contribution in [-0.2, 0) is 18.4 Å². The number of carbonyl (C=O) groups excluding carboxylic acids is 1. The topological polar surface area (TPSA) is 69.0 Å². The minimum absolute atomic E-state index is 0.104. The molecule has 0 atom stereocenters. The maximum Gasteiger partial charge on any atom is 0.234 e. The first-order chi connectivity index (χ1) is 13.4. The van der Waals surface area contributed by atoms with E-state index in [4.69, 9.17) is 27.9 Å². The fourth-order valence-corrected chi connectivity index (χ4v) is 3.27. The van der Waals surface area contributed by atoms with Gasteiger partial charge < -0.3 is 14.6 Å². The van der Waals surface area contributed by atoms with Gasteiger partial charge >= 0.3 is 0 Å². The summed E-state index contributed by atoms with van der Waals surface area (Å²) in [6, 6.07) is 10.7. The molecule has 0 saturated heterocycles. The van der Waals surface area contributed by atoms with Gasteiger partial charge in [0.1, 0.15) is 18.2 Å². The number of hydrogen-bond acceptors (Lipinski definition) is 5. The van der Waals surface area contributed by atoms with Crippen molar-refractivity contribution in [3.05, 3.63) is 64.2 Å². The predicted octanol–water partition coefficient (Wildman–Crippen LogP) is 4.57. The molecule has 28 heavy (non-hydrogen) atoms. The van der Waals surface area contributed by atoms with E-state index in [1.807, 2.05) is 0 Å². The number of benzene rings is 2. The van der Waals surface area contributed by atoms with Crippen LogP contribution in [0.1, 0.15) is 5.82 Å². The van der Waals surface area contributed by atoms with E-state index in [2.05, 4.69) is 15.5 Å². The molecule has 1 N–H and O–H groups in total. The zero-order chi connectivity index (χ0) is 20.1. The Balaban J connectivity index is 1.54. The number of amides is 1. The number of anilines is 1. The average molecular weight is 441 g/mol. The molecule has 1 heterocycles. The lowest BCUT2D eigenvalue weighted by Gasteiger charge is -2.08. The average Bonchev–Trinajstić information content (AvgIpc) is 3.01. The largest absolute Gasteiger partial charge is 0.484 e. The van der Waals surface area contributed by atoms with Crippen LogP contribution in [0.2, 0.25) is 10.0 Å². The van der Waals surface area contributed by atoms with Gasteiger partial charge in [0.2, 0.25) is 5.91 Å². The number of nitrogens with one attached hydrogen (secondary N) is 1. The highest BCUT2D eigenvalue weighted by atomic mass is 35.5. The summed E-state index contributed by atoms with van der Waals surface area (Å²) in [5.74, 6) is 0.445. The minimum Gasteiger partial charge on any atom is -0.484 e. The van der Waals surface area contributed by atoms with Crippen molar-refractivity contribution >= 4 is 46.6 Å². The molecule has 6 nitrogen and oxygen atoms in total. The second kappa shape index (κ2) is 9.27. The van der Waals surface area contributed by atoms with E-state index in [-0.39, 0.29) is 23.3 Å². The zero-order valence-electron chi connectivity index (χ0n) is 14.7. The Morgan fingerprint density at radius 3 is 2.68 bits per heavy atom. The molecule has 3 aromatic rings. The molecule has 0 aliphatic heterocycles. The SMILES string of the molecule is Cn1c(COc2ccc(F)cc2Cl)nnc1SCC(=O)Nc1ccc(Cl)cc1. The molecule has 0 unspecified atom stereocenters. The smallest absolute Gasteiger partial charge is 0.234 e. The van der Waals surface area contributed by atoms with Gasteiger partial charge in [-0.15, -0.1) is 10.2 Å². The Morgan fingerprint density at radius 2 is 1.96 bits per heavy atom. The lowest BCUT2D eigenvalue weighted by Crippen LogP contribution is -2.14. The normalized spacial score (nSPS) is 10.7. The number of ether oxygens (including phenoxy) is 1. The quantitative estimate of drug-likeness (QED) is 0.544. The molecule has 0 spiro atoms. The molecule has 10 heteroatoms. The Bertz CT molecular complexity index is 982. The Labute approximate surface area is 175 Å². The van der Waals surface area contributed by atoms with E-state index >= 15 is 0 Å². The number of carbonyl (C=O) groups is 1. The highest BCUT2D eigenvalue weighted by Gasteiger charge is 2.13. The fraction of sp³-hybridized carbons (Fsp3) is 0.167. The van der Waals surface area contributed by atoms with Crippen molar-refractivity contribution in [2.45, 2.75) is 11.8 Å². The van der Waals surface area contributed by atoms with Gasteiger partial charge in [-0.1, -0.05) is 35.0 Å². The van der Waals surface area contributed by atoms with Crippen LogP contribution in [0.15, 0.2) is 47.6 Å². The Kier molecular flexibility index (Phi) is 6.77. The summed E-state index contributed by atoms with van der Waals surface area (Å²) in [6.07, 6.45) is 0. The third-order valence-corrected chi connectivity index (χ3v) is 5.20. The van der Waals surface area contributed by atoms with Crippen molar-refractivity contribution in [2.75, 3.05) is 11.1 Å². The van der Waals surface area contributed by atoms with Gasteiger partial charge in [-0.05, 0) is 42.5 Å². The van der Waals surface area contributed by atoms with Gasteiger partial charge in [0.25, 0.3) is 0 Å². The van der Waals surface area contributed by atoms with E-state index in [9.17, 15) is 9.18 Å². The van der Waals surface area contributed by atoms with Crippen LogP contribution in [0, 0.1) is 5.82 Å². The molecule has 1 amide bonds. The molecule has 0 bridgehead atoms. The molecular weight excluding hydrogens is 426 g/mol. The number of hydrogen-bond donors (Lipinski definition) is 1. The molecule has 146 valence electrons. The lowest BCUT2D eigenvalue weighted by atomic mass is 10.3. The van der Waals surface area contributed by atoms with E-state index in [1.54, 1.807) is 35.9 Å². The highest BCUT2D eigenvalue weighted by molar-refractivity contribution is 7.99. The first-order valence-electron chi connectivity index (χ1n) is 8.06. The monoisotopic (exact) mass is 440 g/mol. The second-order valence-corrected chi connectivity index (χ2v) is 7.45. The van der Waals surface area contributed by atoms with Crippen molar-refractivity contribution in [3.63, 3.8) is 0 Å². The molecule has 0 aliphatic rings. The van der Waals surface area contributed by atoms with Crippen LogP contribution >= 0.6 is 35.0 Å². The van der Waals surface area contributed by atoms with E-state index in [1.165, 1.54) is 30.0 Å². The maximum absolute atomic E-state index is 13.1. The van der Waals surface area contributed by atoms with Crippen LogP contribution in [0.3, 0.4) is 0 Å². The molecule has 3 rings (SSSR count). The molecule has 0 saturated carbocycles. The molecule has 0 aliphatic carbocycles. The third-order valence-electron chi connectivity index (χ3n) is 3.64. The third kappa shape index (κ3) is 5.37. The molecular formula is C18H15Cl2FN4O2S. The molecule has 1 aromatic heterocycles. The van der Waals surface area contributed by atoms with Gasteiger partial charge in [-0.3, -0.25) is 4.79 Å². The van der Waals surface area contributed by atoms with Crippen molar-refractivity contribution < 1.29 is 13.9 Å². The van der Waals surface area contributed by atoms with E-state index in [0.717, 1.165) is 0 Å². The summed E-state index contributed by atoms with van der Waals surface area (Å²) in [7, 11) is 1.77. The first kappa shape index (κ1) is 20.4. The van der Waals surface area contributed by atoms with Crippen molar-refractivity contribution in [2.24, 2.45) is 7.05 Å². The summed E-state index contributed by atoms with van der Waals surface area (Å²) in [6.45, 7) is 0.104. The zero-order valence-corrected chi connectivity index (χ0v) is 17.0. The van der Waals surface area contributed by atoms with Crippen molar-refractivity contribution in [3.8, 4) is 5.75 Å². The van der Waals surface area contributed by atoms with Crippen LogP contribution in [0.5, 0.6) is 5.75 Å². The van der Waals surface area contributed by atoms with Crippen molar-refractivity contribution in [1.82, 2.24) is 14.8 Å². The highest BCUT2D eigenvalue weighted by Crippen LogP contribution is 2.26. The van der Waals surface area contributed by atoms with Crippen molar-refractivity contribution in [1.29, 1.82) is 0 Å². The minimum atomic E-state index is -0.438. The molecule has 0 fully saturated rings. The first-order valence-corrected chi connectivity index (χ1v) is 9.81. The summed E-state index contributed by atoms with van der Waals surface area (Å²) >= 11 is 13.0. The Hall–Kier alpha value is -2.29. The van der Waals surface area contributed by atoms with Crippen LogP contribution in [0.4, 0.5) is 10.1 Å². The standard InChI is InChI=1S/C18H15Cl2FN4O2S/c1-25-16(9-27-15-7-4-12(21)8-14(15)20)23-24-18(25)28-10-17(26)22-13-5-2-11(19)3-6-13/h2-8H,9-10H2,1H3,(H,22,26). The lowest BCUT2D eigenvalue weighted by molar-refractivity contribution is -0.113. The molecule has 0 radical (unpaired) electrons. The summed E-state index contributed by atoms with van der Waals surface area (Å²) in [5.41, 5.74) is 0.665. The van der Waals surface area contributed by atoms with Gasteiger partial charge in [-0.2, -0.15) is 0 Å². The predicted molar refractivity (Wildman–Crippen MR) is 108 cm³/mol. The maximum atomic E-state index is 13.1. The summed E-state index contributed by atoms with van der Waals surface area (Å²) < 4.78 is 20.4. The number of thioether (sulfide) groups is 1. The summed E-state index contributed by atoms with van der Waals surface area (Å²) in [5, 5.41) is 12.2. The van der Waals surface area contributed by atoms with Gasteiger partial charge in [0.05, 0.1) is 10.8 Å². The van der Waals surface area contributed by atoms with Crippen LogP contribution < -0.4 is 10.1 Å². The van der Waals surface area contributed by atoms with E-state index < -0.39 is 5.82 Å². The number of nitrogens with zero attached hydrogens (tertiary/aromatic N) is 3. The number of aromatic nitrogens is 3. The fourth-order valence-electron chi connectivity index (χ4n) is 2.19. The van der Waals surface area contributed by atoms with Crippen LogP contribution in [0.25, 0.3) is 0 Å². The Morgan fingerprint density at radius 1 is 1.21 bits per heavy atom. The van der Waals surface area contributed by atoms with Gasteiger partial charge in [0.15, 0.2) is 11.0 Å². The van der Waals surface area contributed by atoms with E-state index in [0.29, 0.717) is 27.4 Å². The summed E-state index contributed by atoms with van der Waals surface area (Å²) in [4.78, 5) is 12.1. The number of halogens is 3. The number of rotatable bonds is 7. The molecule has 2 aromatic carbocycles. The van der Waals surface area contributed by atoms with Crippen LogP contribution in [-0.4, -0.2) is 26.4 Å².